The zero-order chi connectivity index (χ0) is 14.1. The van der Waals surface area contributed by atoms with Gasteiger partial charge < -0.3 is 0 Å². The summed E-state index contributed by atoms with van der Waals surface area (Å²) in [5, 5.41) is 8.57. The Morgan fingerprint density at radius 3 is 2.90 bits per heavy atom. The van der Waals surface area contributed by atoms with Crippen molar-refractivity contribution in [1.82, 2.24) is 19.2 Å². The summed E-state index contributed by atoms with van der Waals surface area (Å²) in [4.78, 5) is 12.4. The Kier molecular flexibility index (Phi) is 3.27. The highest BCUT2D eigenvalue weighted by Crippen LogP contribution is 2.15. The number of nitrogens with zero attached hydrogens (tertiary/aromatic N) is 4. The number of fused-ring (bicyclic) bond motifs is 1. The van der Waals surface area contributed by atoms with E-state index in [4.69, 9.17) is 0 Å². The van der Waals surface area contributed by atoms with E-state index in [2.05, 4.69) is 10.2 Å². The molecule has 0 atom stereocenters. The van der Waals surface area contributed by atoms with Crippen LogP contribution in [0.4, 0.5) is 4.39 Å². The van der Waals surface area contributed by atoms with E-state index >= 15 is 0 Å². The number of rotatable bonds is 3. The van der Waals surface area contributed by atoms with Crippen LogP contribution >= 0.6 is 11.8 Å². The summed E-state index contributed by atoms with van der Waals surface area (Å²) in [6, 6.07) is 5.86. The lowest BCUT2D eigenvalue weighted by Gasteiger charge is -2.06. The van der Waals surface area contributed by atoms with Gasteiger partial charge in [-0.2, -0.15) is 0 Å². The molecule has 1 aromatic carbocycles. The topological polar surface area (TPSA) is 52.2 Å². The van der Waals surface area contributed by atoms with Crippen LogP contribution in [0.1, 0.15) is 6.92 Å². The van der Waals surface area contributed by atoms with Crippen LogP contribution in [0, 0.1) is 5.82 Å². The minimum Gasteiger partial charge on any atom is -0.279 e. The maximum atomic E-state index is 13.3. The lowest BCUT2D eigenvalue weighted by atomic mass is 10.3. The monoisotopic (exact) mass is 290 g/mol. The zero-order valence-corrected chi connectivity index (χ0v) is 11.5. The maximum Gasteiger partial charge on any atom is 0.300 e. The van der Waals surface area contributed by atoms with E-state index in [0.29, 0.717) is 10.8 Å². The number of aromatic nitrogens is 4. The molecule has 7 heteroatoms. The van der Waals surface area contributed by atoms with Gasteiger partial charge in [0, 0.05) is 12.4 Å². The quantitative estimate of drug-likeness (QED) is 0.693. The van der Waals surface area contributed by atoms with Crippen LogP contribution in [0.3, 0.4) is 0 Å². The van der Waals surface area contributed by atoms with Crippen molar-refractivity contribution in [2.24, 2.45) is 0 Å². The van der Waals surface area contributed by atoms with Gasteiger partial charge in [0.1, 0.15) is 5.82 Å². The third-order valence-electron chi connectivity index (χ3n) is 2.80. The third kappa shape index (κ3) is 2.09. The Labute approximate surface area is 118 Å². The Morgan fingerprint density at radius 1 is 1.30 bits per heavy atom. The van der Waals surface area contributed by atoms with Gasteiger partial charge >= 0.3 is 5.56 Å². The van der Waals surface area contributed by atoms with E-state index in [1.54, 1.807) is 28.9 Å². The highest BCUT2D eigenvalue weighted by Gasteiger charge is 2.11. The van der Waals surface area contributed by atoms with Crippen molar-refractivity contribution in [3.63, 3.8) is 0 Å². The van der Waals surface area contributed by atoms with Crippen LogP contribution in [0.5, 0.6) is 0 Å². The minimum absolute atomic E-state index is 0.229. The fraction of sp³-hybridized carbons (Fsp3) is 0.154. The van der Waals surface area contributed by atoms with Crippen LogP contribution < -0.4 is 5.56 Å². The summed E-state index contributed by atoms with van der Waals surface area (Å²) in [5.41, 5.74) is 0.367. The summed E-state index contributed by atoms with van der Waals surface area (Å²) in [6.45, 7) is 2.00. The first-order chi connectivity index (χ1) is 9.70. The number of benzene rings is 1. The molecule has 20 heavy (non-hydrogen) atoms. The van der Waals surface area contributed by atoms with Crippen LogP contribution in [0.25, 0.3) is 11.3 Å². The molecular formula is C13H11FN4OS. The fourth-order valence-corrected chi connectivity index (χ4v) is 2.57. The molecule has 3 rings (SSSR count). The van der Waals surface area contributed by atoms with Crippen molar-refractivity contribution in [3.8, 4) is 5.69 Å². The Bertz CT molecular complexity index is 827. The van der Waals surface area contributed by atoms with E-state index in [1.165, 1.54) is 28.5 Å². The predicted molar refractivity (Wildman–Crippen MR) is 74.9 cm³/mol. The lowest BCUT2D eigenvalue weighted by Crippen LogP contribution is -2.20. The molecule has 0 aliphatic carbocycles. The summed E-state index contributed by atoms with van der Waals surface area (Å²) in [7, 11) is 0. The normalized spacial score (nSPS) is 11.1. The molecule has 2 heterocycles. The van der Waals surface area contributed by atoms with Crippen molar-refractivity contribution in [2.75, 3.05) is 5.75 Å². The first-order valence-electron chi connectivity index (χ1n) is 6.06. The van der Waals surface area contributed by atoms with Crippen LogP contribution in [0.2, 0.25) is 0 Å². The largest absolute Gasteiger partial charge is 0.300 e. The molecule has 0 radical (unpaired) electrons. The molecule has 0 bridgehead atoms. The second-order valence-corrected chi connectivity index (χ2v) is 5.29. The van der Waals surface area contributed by atoms with Gasteiger partial charge in [-0.1, -0.05) is 24.8 Å². The minimum atomic E-state index is -0.391. The van der Waals surface area contributed by atoms with E-state index in [-0.39, 0.29) is 11.2 Å². The smallest absolute Gasteiger partial charge is 0.279 e. The molecule has 102 valence electrons. The van der Waals surface area contributed by atoms with E-state index in [9.17, 15) is 9.18 Å². The molecule has 0 unspecified atom stereocenters. The Hall–Kier alpha value is -2.15. The molecule has 5 nitrogen and oxygen atoms in total. The SMILES string of the molecule is CCSc1nnc2c(=O)n(-c3cccc(F)c3)ccn12. The van der Waals surface area contributed by atoms with Crippen molar-refractivity contribution in [2.45, 2.75) is 12.1 Å². The Balaban J connectivity index is 2.20. The number of hydrogen-bond donors (Lipinski definition) is 0. The van der Waals surface area contributed by atoms with Crippen molar-refractivity contribution in [1.29, 1.82) is 0 Å². The average Bonchev–Trinajstić information content (AvgIpc) is 2.84. The molecule has 0 fully saturated rings. The number of hydrogen-bond acceptors (Lipinski definition) is 4. The molecule has 0 aliphatic heterocycles. The number of halogens is 1. The van der Waals surface area contributed by atoms with Gasteiger partial charge in [-0.15, -0.1) is 10.2 Å². The number of thioether (sulfide) groups is 1. The van der Waals surface area contributed by atoms with Gasteiger partial charge in [-0.3, -0.25) is 13.8 Å². The van der Waals surface area contributed by atoms with Crippen molar-refractivity contribution in [3.05, 3.63) is 52.8 Å². The molecular weight excluding hydrogens is 279 g/mol. The molecule has 3 aromatic rings. The molecule has 2 aromatic heterocycles. The second kappa shape index (κ2) is 5.09. The Morgan fingerprint density at radius 2 is 2.15 bits per heavy atom. The van der Waals surface area contributed by atoms with Gasteiger partial charge in [-0.05, 0) is 24.0 Å². The average molecular weight is 290 g/mol. The molecule has 0 spiro atoms. The summed E-state index contributed by atoms with van der Waals surface area (Å²) in [6.07, 6.45) is 3.30. The van der Waals surface area contributed by atoms with Crippen molar-refractivity contribution >= 4 is 17.4 Å². The molecule has 0 N–H and O–H groups in total. The van der Waals surface area contributed by atoms with Gasteiger partial charge in [0.2, 0.25) is 5.65 Å². The van der Waals surface area contributed by atoms with Gasteiger partial charge in [-0.25, -0.2) is 4.39 Å². The first kappa shape index (κ1) is 12.9. The van der Waals surface area contributed by atoms with Crippen molar-refractivity contribution < 1.29 is 4.39 Å². The standard InChI is InChI=1S/C13H11FN4OS/c1-2-20-13-16-15-11-12(19)17(6-7-18(11)13)10-5-3-4-9(14)8-10/h3-8H,2H2,1H3. The second-order valence-electron chi connectivity index (χ2n) is 4.06. The predicted octanol–water partition coefficient (Wildman–Crippen LogP) is 2.13. The van der Waals surface area contributed by atoms with Crippen LogP contribution in [-0.2, 0) is 0 Å². The van der Waals surface area contributed by atoms with Gasteiger partial charge in [0.05, 0.1) is 5.69 Å². The third-order valence-corrected chi connectivity index (χ3v) is 3.62. The van der Waals surface area contributed by atoms with Crippen LogP contribution in [-0.4, -0.2) is 24.9 Å². The summed E-state index contributed by atoms with van der Waals surface area (Å²) in [5.74, 6) is 0.450. The molecule has 0 amide bonds. The maximum absolute atomic E-state index is 13.3. The lowest BCUT2D eigenvalue weighted by molar-refractivity contribution is 0.626. The molecule has 0 saturated heterocycles. The van der Waals surface area contributed by atoms with E-state index in [0.717, 1.165) is 5.75 Å². The highest BCUT2D eigenvalue weighted by molar-refractivity contribution is 7.99. The van der Waals surface area contributed by atoms with E-state index < -0.39 is 5.82 Å². The van der Waals surface area contributed by atoms with E-state index in [1.807, 2.05) is 6.92 Å². The molecule has 0 aliphatic rings. The van der Waals surface area contributed by atoms with Gasteiger partial charge in [0.15, 0.2) is 5.16 Å². The fourth-order valence-electron chi connectivity index (χ4n) is 1.92. The summed E-state index contributed by atoms with van der Waals surface area (Å²) < 4.78 is 16.3. The highest BCUT2D eigenvalue weighted by atomic mass is 32.2. The summed E-state index contributed by atoms with van der Waals surface area (Å²) >= 11 is 1.51. The zero-order valence-electron chi connectivity index (χ0n) is 10.7. The first-order valence-corrected chi connectivity index (χ1v) is 7.04. The van der Waals surface area contributed by atoms with Crippen LogP contribution in [0.15, 0.2) is 46.6 Å². The van der Waals surface area contributed by atoms with Gasteiger partial charge in [0.25, 0.3) is 0 Å². The molecule has 0 saturated carbocycles.